The number of aliphatic hydroxyl groups is 2. The van der Waals surface area contributed by atoms with Crippen LogP contribution >= 0.6 is 11.8 Å². The Balaban J connectivity index is 1.95. The van der Waals surface area contributed by atoms with E-state index in [1.807, 2.05) is 6.92 Å². The Hall–Kier alpha value is -1.66. The van der Waals surface area contributed by atoms with Crippen molar-refractivity contribution in [2.75, 3.05) is 22.7 Å². The van der Waals surface area contributed by atoms with E-state index in [1.165, 1.54) is 10.9 Å². The van der Waals surface area contributed by atoms with Gasteiger partial charge < -0.3 is 20.7 Å². The van der Waals surface area contributed by atoms with Gasteiger partial charge in [0.25, 0.3) is 0 Å². The van der Waals surface area contributed by atoms with Crippen molar-refractivity contribution in [3.63, 3.8) is 0 Å². The van der Waals surface area contributed by atoms with Gasteiger partial charge in [-0.05, 0) is 5.75 Å². The molecule has 0 radical (unpaired) electrons. The summed E-state index contributed by atoms with van der Waals surface area (Å²) in [6.45, 7) is 2.02. The molecule has 2 unspecified atom stereocenters. The van der Waals surface area contributed by atoms with Gasteiger partial charge in [0.2, 0.25) is 5.95 Å². The predicted molar refractivity (Wildman–Crippen MR) is 86.5 cm³/mol. The van der Waals surface area contributed by atoms with Crippen LogP contribution in [0.4, 0.5) is 11.8 Å². The summed E-state index contributed by atoms with van der Waals surface area (Å²) in [6.07, 6.45) is -1.91. The van der Waals surface area contributed by atoms with Gasteiger partial charge in [-0.1, -0.05) is 6.92 Å². The molecule has 1 aliphatic rings. The van der Waals surface area contributed by atoms with E-state index in [0.29, 0.717) is 16.9 Å². The highest BCUT2D eigenvalue weighted by Gasteiger charge is 2.44. The van der Waals surface area contributed by atoms with Crippen LogP contribution in [0, 0.1) is 0 Å². The van der Waals surface area contributed by atoms with E-state index < -0.39 is 24.5 Å². The van der Waals surface area contributed by atoms with Crippen molar-refractivity contribution >= 4 is 34.7 Å². The maximum absolute atomic E-state index is 10.3. The van der Waals surface area contributed by atoms with Gasteiger partial charge in [-0.2, -0.15) is 21.7 Å². The van der Waals surface area contributed by atoms with Crippen molar-refractivity contribution in [2.45, 2.75) is 31.5 Å². The van der Waals surface area contributed by atoms with Crippen molar-refractivity contribution in [3.8, 4) is 0 Å². The highest BCUT2D eigenvalue weighted by molar-refractivity contribution is 7.99. The van der Waals surface area contributed by atoms with Crippen LogP contribution in [0.3, 0.4) is 0 Å². The largest absolute Gasteiger partial charge is 0.387 e. The molecule has 23 heavy (non-hydrogen) atoms. The average molecular weight is 341 g/mol. The third-order valence-electron chi connectivity index (χ3n) is 3.68. The second kappa shape index (κ2) is 6.45. The van der Waals surface area contributed by atoms with Crippen LogP contribution in [0.2, 0.25) is 0 Å². The van der Waals surface area contributed by atoms with Crippen LogP contribution in [0.25, 0.3) is 11.2 Å². The molecule has 3 rings (SSSR count). The van der Waals surface area contributed by atoms with Gasteiger partial charge in [-0.25, -0.2) is 10.8 Å². The molecule has 11 heteroatoms. The number of anilines is 2. The molecule has 10 nitrogen and oxygen atoms in total. The summed E-state index contributed by atoms with van der Waals surface area (Å²) in [5, 5.41) is 20.5. The van der Waals surface area contributed by atoms with Gasteiger partial charge in [0.15, 0.2) is 17.7 Å². The Morgan fingerprint density at radius 1 is 1.39 bits per heavy atom. The highest BCUT2D eigenvalue weighted by atomic mass is 32.2. The minimum absolute atomic E-state index is 0.128. The van der Waals surface area contributed by atoms with Crippen LogP contribution < -0.4 is 17.0 Å². The Kier molecular flexibility index (Phi) is 4.55. The van der Waals surface area contributed by atoms with E-state index in [9.17, 15) is 10.2 Å². The van der Waals surface area contributed by atoms with Gasteiger partial charge in [-0.3, -0.25) is 9.99 Å². The molecular weight excluding hydrogens is 322 g/mol. The predicted octanol–water partition coefficient (Wildman–Crippen LogP) is -0.934. The van der Waals surface area contributed by atoms with Gasteiger partial charge in [0.05, 0.1) is 12.4 Å². The molecule has 0 aliphatic carbocycles. The molecule has 0 amide bonds. The second-order valence-electron chi connectivity index (χ2n) is 5.11. The first kappa shape index (κ1) is 16.2. The number of nitrogens with two attached hydrogens (primary N) is 2. The summed E-state index contributed by atoms with van der Waals surface area (Å²) < 4.78 is 7.33. The number of fused-ring (bicyclic) bond motifs is 1. The first-order valence-corrected chi connectivity index (χ1v) is 8.28. The molecular formula is C12H19N7O3S. The van der Waals surface area contributed by atoms with Crippen molar-refractivity contribution in [2.24, 2.45) is 5.84 Å². The zero-order valence-electron chi connectivity index (χ0n) is 12.5. The van der Waals surface area contributed by atoms with E-state index in [2.05, 4.69) is 20.4 Å². The van der Waals surface area contributed by atoms with Crippen LogP contribution in [-0.4, -0.2) is 59.5 Å². The molecule has 7 N–H and O–H groups in total. The Labute approximate surface area is 136 Å². The number of aromatic nitrogens is 4. The molecule has 3 heterocycles. The first-order valence-electron chi connectivity index (χ1n) is 7.12. The van der Waals surface area contributed by atoms with Gasteiger partial charge in [-0.15, -0.1) is 0 Å². The summed E-state index contributed by atoms with van der Waals surface area (Å²) in [4.78, 5) is 12.3. The monoisotopic (exact) mass is 341 g/mol. The molecule has 126 valence electrons. The summed E-state index contributed by atoms with van der Waals surface area (Å²) in [5.74, 6) is 7.10. The Morgan fingerprint density at radius 2 is 2.17 bits per heavy atom. The lowest BCUT2D eigenvalue weighted by Crippen LogP contribution is -2.32. The van der Waals surface area contributed by atoms with Gasteiger partial charge >= 0.3 is 0 Å². The zero-order chi connectivity index (χ0) is 16.6. The quantitative estimate of drug-likeness (QED) is 0.340. The van der Waals surface area contributed by atoms with Crippen molar-refractivity contribution in [3.05, 3.63) is 6.33 Å². The average Bonchev–Trinajstić information content (AvgIpc) is 3.08. The maximum Gasteiger partial charge on any atom is 0.241 e. The summed E-state index contributed by atoms with van der Waals surface area (Å²) in [6, 6.07) is 0. The summed E-state index contributed by atoms with van der Waals surface area (Å²) in [5.41, 5.74) is 8.89. The van der Waals surface area contributed by atoms with E-state index in [-0.39, 0.29) is 11.8 Å². The maximum atomic E-state index is 10.3. The minimum atomic E-state index is -1.10. The topological polar surface area (TPSA) is 157 Å². The van der Waals surface area contributed by atoms with Gasteiger partial charge in [0.1, 0.15) is 17.7 Å². The molecule has 0 bridgehead atoms. The van der Waals surface area contributed by atoms with Crippen LogP contribution in [0.1, 0.15) is 13.2 Å². The number of aliphatic hydroxyl groups excluding tert-OH is 2. The molecule has 0 spiro atoms. The fourth-order valence-electron chi connectivity index (χ4n) is 2.52. The number of nitrogens with zero attached hydrogens (tertiary/aromatic N) is 4. The Morgan fingerprint density at radius 3 is 2.87 bits per heavy atom. The zero-order valence-corrected chi connectivity index (χ0v) is 13.3. The standard InChI is InChI=1S/C12H19N7O3S/c1-2-23-3-5-7(20)8(21)11(22-5)19-4-15-6-9(13)16-12(18-14)17-10(6)19/h4-5,7-8,11,20-21H,2-3,14H2,1H3,(H3,13,16,17,18)/t5-,7?,8?,11-/m1/s1. The number of hydrogen-bond acceptors (Lipinski definition) is 10. The van der Waals surface area contributed by atoms with Crippen LogP contribution in [0.15, 0.2) is 6.33 Å². The number of thioether (sulfide) groups is 1. The molecule has 4 atom stereocenters. The molecule has 1 fully saturated rings. The lowest BCUT2D eigenvalue weighted by molar-refractivity contribution is -0.0288. The van der Waals surface area contributed by atoms with E-state index in [4.69, 9.17) is 16.3 Å². The summed E-state index contributed by atoms with van der Waals surface area (Å²) >= 11 is 1.63. The fraction of sp³-hybridized carbons (Fsp3) is 0.583. The van der Waals surface area contributed by atoms with E-state index in [1.54, 1.807) is 11.8 Å². The fourth-order valence-corrected chi connectivity index (χ4v) is 3.26. The van der Waals surface area contributed by atoms with Crippen LogP contribution in [-0.2, 0) is 4.74 Å². The van der Waals surface area contributed by atoms with Crippen LogP contribution in [0.5, 0.6) is 0 Å². The van der Waals surface area contributed by atoms with Gasteiger partial charge in [0, 0.05) is 5.75 Å². The third-order valence-corrected chi connectivity index (χ3v) is 4.65. The highest BCUT2D eigenvalue weighted by Crippen LogP contribution is 2.33. The molecule has 2 aromatic heterocycles. The lowest BCUT2D eigenvalue weighted by atomic mass is 10.1. The van der Waals surface area contributed by atoms with E-state index in [0.717, 1.165) is 5.75 Å². The minimum Gasteiger partial charge on any atom is -0.387 e. The van der Waals surface area contributed by atoms with Crippen molar-refractivity contribution in [1.29, 1.82) is 0 Å². The number of nitrogens with one attached hydrogen (secondary N) is 1. The number of hydrazine groups is 1. The number of imidazole rings is 1. The number of ether oxygens (including phenoxy) is 1. The number of rotatable bonds is 5. The first-order chi connectivity index (χ1) is 11.1. The summed E-state index contributed by atoms with van der Waals surface area (Å²) in [7, 11) is 0. The smallest absolute Gasteiger partial charge is 0.241 e. The van der Waals surface area contributed by atoms with E-state index >= 15 is 0 Å². The Bertz CT molecular complexity index is 697. The molecule has 0 saturated carbocycles. The van der Waals surface area contributed by atoms with Crippen molar-refractivity contribution in [1.82, 2.24) is 19.5 Å². The lowest BCUT2D eigenvalue weighted by Gasteiger charge is -2.16. The second-order valence-corrected chi connectivity index (χ2v) is 6.43. The molecule has 1 saturated heterocycles. The molecule has 0 aromatic carbocycles. The molecule has 2 aromatic rings. The number of nitrogen functional groups attached to an aromatic ring is 2. The normalized spacial score (nSPS) is 27.7. The third kappa shape index (κ3) is 2.81. The SMILES string of the molecule is CCSC[C@H]1O[C@@H](n2cnc3c(N)nc(NN)nc32)C(O)C1O. The number of hydrogen-bond donors (Lipinski definition) is 5. The molecule has 1 aliphatic heterocycles. The van der Waals surface area contributed by atoms with Crippen molar-refractivity contribution < 1.29 is 14.9 Å².